The first-order chi connectivity index (χ1) is 22.6. The Bertz CT molecular complexity index is 806. The number of hydrogen-bond donors (Lipinski definition) is 0. The van der Waals surface area contributed by atoms with Crippen LogP contribution in [-0.2, 0) is 19.3 Å². The number of hydrogen-bond acceptors (Lipinski definition) is 4. The van der Waals surface area contributed by atoms with Crippen molar-refractivity contribution in [3.63, 3.8) is 0 Å². The lowest BCUT2D eigenvalue weighted by atomic mass is 9.69. The molecule has 0 aromatic rings. The Morgan fingerprint density at radius 1 is 0.696 bits per heavy atom. The summed E-state index contributed by atoms with van der Waals surface area (Å²) < 4.78 is 6.02. The summed E-state index contributed by atoms with van der Waals surface area (Å²) in [7, 11) is 0. The second-order valence-corrected chi connectivity index (χ2v) is 16.7. The third-order valence-corrected chi connectivity index (χ3v) is 13.6. The Hall–Kier alpha value is -0.610. The molecule has 0 spiro atoms. The van der Waals surface area contributed by atoms with Crippen molar-refractivity contribution in [1.82, 2.24) is 0 Å². The first-order valence-electron chi connectivity index (χ1n) is 20.8. The fraction of sp³-hybridized carbons (Fsp3) is 0.929. The normalized spacial score (nSPS) is 30.7. The smallest absolute Gasteiger partial charge is 0.309 e. The van der Waals surface area contributed by atoms with Crippen LogP contribution in [-0.4, -0.2) is 25.3 Å². The van der Waals surface area contributed by atoms with Crippen LogP contribution in [0.3, 0.4) is 0 Å². The SMILES string of the molecule is CCCCC[C]1CCC(C2CCC(COOC(COC(=O)C3CCC([C]4CCC(CCC)CC4)CC3)C3CCCCC3)CC2)CC1. The fourth-order valence-corrected chi connectivity index (χ4v) is 10.4. The minimum Gasteiger partial charge on any atom is -0.463 e. The van der Waals surface area contributed by atoms with E-state index in [0.717, 1.165) is 36.5 Å². The van der Waals surface area contributed by atoms with Crippen molar-refractivity contribution in [3.8, 4) is 0 Å². The van der Waals surface area contributed by atoms with E-state index in [1.54, 1.807) is 0 Å². The zero-order valence-corrected chi connectivity index (χ0v) is 30.3. The number of carbonyl (C=O) groups is 1. The zero-order chi connectivity index (χ0) is 32.0. The lowest BCUT2D eigenvalue weighted by Gasteiger charge is -2.38. The van der Waals surface area contributed by atoms with Gasteiger partial charge in [0.15, 0.2) is 0 Å². The molecule has 2 radical (unpaired) electrons. The molecule has 5 rings (SSSR count). The number of ether oxygens (including phenoxy) is 1. The average Bonchev–Trinajstić information content (AvgIpc) is 3.11. The molecule has 0 saturated heterocycles. The van der Waals surface area contributed by atoms with Gasteiger partial charge in [-0.3, -0.25) is 4.79 Å². The number of rotatable bonds is 16. The highest BCUT2D eigenvalue weighted by Gasteiger charge is 2.35. The van der Waals surface area contributed by atoms with Gasteiger partial charge in [0, 0.05) is 0 Å². The zero-order valence-electron chi connectivity index (χ0n) is 30.3. The van der Waals surface area contributed by atoms with Gasteiger partial charge in [-0.15, -0.1) is 0 Å². The maximum absolute atomic E-state index is 13.2. The molecule has 0 bridgehead atoms. The number of esters is 1. The molecule has 5 saturated carbocycles. The molecule has 0 aromatic heterocycles. The van der Waals surface area contributed by atoms with Crippen LogP contribution in [0.5, 0.6) is 0 Å². The Labute approximate surface area is 284 Å². The molecular weight excluding hydrogens is 568 g/mol. The van der Waals surface area contributed by atoms with E-state index in [0.29, 0.717) is 25.0 Å². The molecule has 1 atom stereocenters. The van der Waals surface area contributed by atoms with Crippen molar-refractivity contribution in [3.05, 3.63) is 11.8 Å². The van der Waals surface area contributed by atoms with Gasteiger partial charge in [-0.25, -0.2) is 9.78 Å². The molecule has 46 heavy (non-hydrogen) atoms. The van der Waals surface area contributed by atoms with Crippen molar-refractivity contribution in [2.24, 2.45) is 41.4 Å². The van der Waals surface area contributed by atoms with Crippen LogP contribution in [0.1, 0.15) is 187 Å². The van der Waals surface area contributed by atoms with E-state index in [-0.39, 0.29) is 18.0 Å². The first kappa shape index (κ1) is 36.7. The van der Waals surface area contributed by atoms with E-state index < -0.39 is 0 Å². The third-order valence-electron chi connectivity index (χ3n) is 13.6. The highest BCUT2D eigenvalue weighted by molar-refractivity contribution is 5.72. The molecule has 5 aliphatic carbocycles. The Morgan fingerprint density at radius 3 is 2.07 bits per heavy atom. The molecule has 0 N–H and O–H groups in total. The lowest BCUT2D eigenvalue weighted by molar-refractivity contribution is -0.346. The number of carbonyl (C=O) groups excluding carboxylic acids is 1. The van der Waals surface area contributed by atoms with E-state index in [9.17, 15) is 4.79 Å². The van der Waals surface area contributed by atoms with Crippen LogP contribution in [0, 0.1) is 53.3 Å². The third kappa shape index (κ3) is 11.5. The molecule has 0 heterocycles. The van der Waals surface area contributed by atoms with Gasteiger partial charge in [0.05, 0.1) is 12.5 Å². The van der Waals surface area contributed by atoms with Crippen molar-refractivity contribution in [2.75, 3.05) is 13.2 Å². The molecular formula is C42H72O4. The predicted octanol–water partition coefficient (Wildman–Crippen LogP) is 11.9. The Morgan fingerprint density at radius 2 is 1.39 bits per heavy atom. The van der Waals surface area contributed by atoms with Gasteiger partial charge in [0.1, 0.15) is 12.7 Å². The first-order valence-corrected chi connectivity index (χ1v) is 20.8. The molecule has 5 aliphatic rings. The summed E-state index contributed by atoms with van der Waals surface area (Å²) in [6.07, 6.45) is 35.1. The molecule has 4 heteroatoms. The van der Waals surface area contributed by atoms with Gasteiger partial charge in [0.2, 0.25) is 0 Å². The molecule has 264 valence electrons. The second-order valence-electron chi connectivity index (χ2n) is 16.7. The maximum Gasteiger partial charge on any atom is 0.309 e. The van der Waals surface area contributed by atoms with E-state index >= 15 is 0 Å². The van der Waals surface area contributed by atoms with Crippen LogP contribution >= 0.6 is 0 Å². The number of unbranched alkanes of at least 4 members (excludes halogenated alkanes) is 2. The monoisotopic (exact) mass is 641 g/mol. The van der Waals surface area contributed by atoms with E-state index in [1.807, 2.05) is 11.8 Å². The topological polar surface area (TPSA) is 44.8 Å². The predicted molar refractivity (Wildman–Crippen MR) is 189 cm³/mol. The van der Waals surface area contributed by atoms with Crippen LogP contribution in [0.25, 0.3) is 0 Å². The highest BCUT2D eigenvalue weighted by Crippen LogP contribution is 2.45. The van der Waals surface area contributed by atoms with Crippen molar-refractivity contribution in [2.45, 2.75) is 193 Å². The van der Waals surface area contributed by atoms with Gasteiger partial charge in [0.25, 0.3) is 0 Å². The van der Waals surface area contributed by atoms with E-state index in [1.165, 1.54) is 161 Å². The van der Waals surface area contributed by atoms with Crippen LogP contribution in [0.2, 0.25) is 0 Å². The molecule has 0 aromatic carbocycles. The van der Waals surface area contributed by atoms with Crippen LogP contribution in [0.4, 0.5) is 0 Å². The van der Waals surface area contributed by atoms with Crippen LogP contribution < -0.4 is 0 Å². The minimum absolute atomic E-state index is 0.0197. The Kier molecular flexibility index (Phi) is 16.1. The molecule has 0 aliphatic heterocycles. The minimum atomic E-state index is -0.115. The second kappa shape index (κ2) is 20.2. The summed E-state index contributed by atoms with van der Waals surface area (Å²) in [6.45, 7) is 5.70. The van der Waals surface area contributed by atoms with Crippen molar-refractivity contribution < 1.29 is 19.3 Å². The van der Waals surface area contributed by atoms with Gasteiger partial charge in [-0.1, -0.05) is 65.2 Å². The maximum atomic E-state index is 13.2. The van der Waals surface area contributed by atoms with Gasteiger partial charge >= 0.3 is 5.97 Å². The molecule has 5 fully saturated rings. The standard InChI is InChI=1S/C42H72O4/c1-3-5-7-11-33-16-22-35(23-17-33)37-24-18-34(19-25-37)30-45-46-41(39-12-8-6-9-13-39)31-44-42(43)40-28-26-38(27-29-40)36-20-14-32(10-4-2)15-21-36/h32,34-35,37-41H,3-31H2,1-2H3. The highest BCUT2D eigenvalue weighted by atomic mass is 17.2. The van der Waals surface area contributed by atoms with Crippen LogP contribution in [0.15, 0.2) is 0 Å². The Balaban J connectivity index is 0.974. The summed E-state index contributed by atoms with van der Waals surface area (Å²) >= 11 is 0. The summed E-state index contributed by atoms with van der Waals surface area (Å²) in [5.41, 5.74) is 0. The average molecular weight is 641 g/mol. The van der Waals surface area contributed by atoms with E-state index in [2.05, 4.69) is 13.8 Å². The van der Waals surface area contributed by atoms with Crippen molar-refractivity contribution in [1.29, 1.82) is 0 Å². The van der Waals surface area contributed by atoms with Gasteiger partial charge in [-0.2, -0.15) is 0 Å². The lowest BCUT2D eigenvalue weighted by Crippen LogP contribution is -2.35. The summed E-state index contributed by atoms with van der Waals surface area (Å²) in [6, 6.07) is 0. The molecule has 1 unspecified atom stereocenters. The van der Waals surface area contributed by atoms with E-state index in [4.69, 9.17) is 14.5 Å². The van der Waals surface area contributed by atoms with Crippen molar-refractivity contribution >= 4 is 5.97 Å². The molecule has 4 nitrogen and oxygen atoms in total. The summed E-state index contributed by atoms with van der Waals surface area (Å²) in [5.74, 6) is 8.43. The summed E-state index contributed by atoms with van der Waals surface area (Å²) in [5, 5.41) is 0. The molecule has 0 amide bonds. The van der Waals surface area contributed by atoms with Gasteiger partial charge in [-0.05, 0) is 169 Å². The fourth-order valence-electron chi connectivity index (χ4n) is 10.4. The largest absolute Gasteiger partial charge is 0.463 e. The van der Waals surface area contributed by atoms with Gasteiger partial charge < -0.3 is 4.74 Å². The quantitative estimate of drug-likeness (QED) is 0.0729. The summed E-state index contributed by atoms with van der Waals surface area (Å²) in [4.78, 5) is 25.4.